The molecular weight excluding hydrogens is 306 g/mol. The van der Waals surface area contributed by atoms with Gasteiger partial charge in [0.15, 0.2) is 0 Å². The minimum Gasteiger partial charge on any atom is -0.396 e. The van der Waals surface area contributed by atoms with Crippen LogP contribution in [0.4, 0.5) is 0 Å². The molecule has 1 aromatic carbocycles. The normalized spacial score (nSPS) is 26.3. The Morgan fingerprint density at radius 3 is 2.89 bits per heavy atom. The summed E-state index contributed by atoms with van der Waals surface area (Å²) in [7, 11) is 0. The molecule has 2 fully saturated rings. The summed E-state index contributed by atoms with van der Waals surface area (Å²) < 4.78 is 6.44. The first-order chi connectivity index (χ1) is 9.22. The Hall–Kier alpha value is -0.420. The molecule has 1 unspecified atom stereocenters. The second-order valence-corrected chi connectivity index (χ2v) is 6.75. The number of hydrogen-bond acceptors (Lipinski definition) is 3. The lowest BCUT2D eigenvalue weighted by atomic mass is 9.86. The molecule has 0 spiro atoms. The van der Waals surface area contributed by atoms with Crippen LogP contribution in [-0.2, 0) is 4.74 Å². The number of rotatable bonds is 4. The Balaban J connectivity index is 1.74. The van der Waals surface area contributed by atoms with Gasteiger partial charge in [-0.05, 0) is 37.1 Å². The summed E-state index contributed by atoms with van der Waals surface area (Å²) >= 11 is 3.55. The van der Waals surface area contributed by atoms with Gasteiger partial charge in [0, 0.05) is 17.1 Å². The second-order valence-electron chi connectivity index (χ2n) is 5.83. The van der Waals surface area contributed by atoms with Gasteiger partial charge in [0.1, 0.15) is 0 Å². The summed E-state index contributed by atoms with van der Waals surface area (Å²) in [5.41, 5.74) is 1.36. The Bertz CT molecular complexity index is 442. The Labute approximate surface area is 122 Å². The van der Waals surface area contributed by atoms with Crippen LogP contribution in [0.2, 0.25) is 0 Å². The van der Waals surface area contributed by atoms with Crippen molar-refractivity contribution in [2.24, 2.45) is 5.41 Å². The number of ether oxygens (including phenoxy) is 1. The molecular formula is C15H20BrNO2. The number of aliphatic hydroxyl groups excluding tert-OH is 1. The summed E-state index contributed by atoms with van der Waals surface area (Å²) in [4.78, 5) is 2.51. The first-order valence-electron chi connectivity index (χ1n) is 6.91. The fourth-order valence-electron chi connectivity index (χ4n) is 3.16. The average molecular weight is 326 g/mol. The van der Waals surface area contributed by atoms with Crippen LogP contribution in [0.3, 0.4) is 0 Å². The van der Waals surface area contributed by atoms with Crippen molar-refractivity contribution >= 4 is 15.9 Å². The number of hydrogen-bond donors (Lipinski definition) is 1. The van der Waals surface area contributed by atoms with E-state index in [1.165, 1.54) is 18.4 Å². The SMILES string of the molecule is OCC1(CN2CCCC2c2cccc(Br)c2)COC1. The van der Waals surface area contributed by atoms with Crippen molar-refractivity contribution in [2.45, 2.75) is 18.9 Å². The van der Waals surface area contributed by atoms with E-state index in [0.717, 1.165) is 17.6 Å². The molecule has 2 aliphatic heterocycles. The van der Waals surface area contributed by atoms with Crippen molar-refractivity contribution < 1.29 is 9.84 Å². The number of benzene rings is 1. The van der Waals surface area contributed by atoms with E-state index in [0.29, 0.717) is 19.3 Å². The van der Waals surface area contributed by atoms with Crippen LogP contribution >= 0.6 is 15.9 Å². The fourth-order valence-corrected chi connectivity index (χ4v) is 3.58. The molecule has 104 valence electrons. The molecule has 4 heteroatoms. The van der Waals surface area contributed by atoms with Gasteiger partial charge in [-0.25, -0.2) is 0 Å². The number of nitrogens with zero attached hydrogens (tertiary/aromatic N) is 1. The molecule has 3 nitrogen and oxygen atoms in total. The number of aliphatic hydroxyl groups is 1. The van der Waals surface area contributed by atoms with Crippen LogP contribution in [-0.4, -0.2) is 42.9 Å². The molecule has 3 rings (SSSR count). The average Bonchev–Trinajstić information content (AvgIpc) is 2.82. The van der Waals surface area contributed by atoms with Crippen LogP contribution in [0.15, 0.2) is 28.7 Å². The van der Waals surface area contributed by atoms with E-state index in [1.807, 2.05) is 0 Å². The molecule has 0 amide bonds. The van der Waals surface area contributed by atoms with Gasteiger partial charge in [-0.15, -0.1) is 0 Å². The van der Waals surface area contributed by atoms with Crippen molar-refractivity contribution in [3.8, 4) is 0 Å². The zero-order valence-electron chi connectivity index (χ0n) is 11.0. The monoisotopic (exact) mass is 325 g/mol. The largest absolute Gasteiger partial charge is 0.396 e. The molecule has 19 heavy (non-hydrogen) atoms. The smallest absolute Gasteiger partial charge is 0.0579 e. The first-order valence-corrected chi connectivity index (χ1v) is 7.70. The lowest BCUT2D eigenvalue weighted by molar-refractivity contribution is -0.149. The maximum atomic E-state index is 9.58. The minimum absolute atomic E-state index is 0.0192. The fraction of sp³-hybridized carbons (Fsp3) is 0.600. The van der Waals surface area contributed by atoms with Gasteiger partial charge in [0.05, 0.1) is 25.2 Å². The summed E-state index contributed by atoms with van der Waals surface area (Å²) in [6, 6.07) is 9.08. The molecule has 2 aliphatic rings. The molecule has 2 heterocycles. The Kier molecular flexibility index (Phi) is 3.94. The molecule has 0 saturated carbocycles. The van der Waals surface area contributed by atoms with Gasteiger partial charge in [-0.1, -0.05) is 28.1 Å². The summed E-state index contributed by atoms with van der Waals surface area (Å²) in [5, 5.41) is 9.58. The lowest BCUT2D eigenvalue weighted by Crippen LogP contribution is -2.53. The highest BCUT2D eigenvalue weighted by molar-refractivity contribution is 9.10. The maximum absolute atomic E-state index is 9.58. The van der Waals surface area contributed by atoms with Crippen molar-refractivity contribution in [1.29, 1.82) is 0 Å². The highest BCUT2D eigenvalue weighted by Crippen LogP contribution is 2.37. The highest BCUT2D eigenvalue weighted by atomic mass is 79.9. The van der Waals surface area contributed by atoms with Gasteiger partial charge in [-0.2, -0.15) is 0 Å². The van der Waals surface area contributed by atoms with Gasteiger partial charge in [0.2, 0.25) is 0 Å². The number of halogens is 1. The van der Waals surface area contributed by atoms with Gasteiger partial charge in [-0.3, -0.25) is 4.90 Å². The molecule has 0 bridgehead atoms. The molecule has 0 aliphatic carbocycles. The van der Waals surface area contributed by atoms with Gasteiger partial charge < -0.3 is 9.84 Å². The summed E-state index contributed by atoms with van der Waals surface area (Å²) in [6.45, 7) is 3.70. The second kappa shape index (κ2) is 5.52. The van der Waals surface area contributed by atoms with Gasteiger partial charge in [0.25, 0.3) is 0 Å². The van der Waals surface area contributed by atoms with E-state index in [1.54, 1.807) is 0 Å². The molecule has 0 aromatic heterocycles. The van der Waals surface area contributed by atoms with Crippen LogP contribution in [0.1, 0.15) is 24.4 Å². The summed E-state index contributed by atoms with van der Waals surface area (Å²) in [5.74, 6) is 0. The molecule has 1 aromatic rings. The van der Waals surface area contributed by atoms with Crippen molar-refractivity contribution in [3.05, 3.63) is 34.3 Å². The Morgan fingerprint density at radius 2 is 2.26 bits per heavy atom. The van der Waals surface area contributed by atoms with Gasteiger partial charge >= 0.3 is 0 Å². The van der Waals surface area contributed by atoms with E-state index in [4.69, 9.17) is 4.74 Å². The lowest BCUT2D eigenvalue weighted by Gasteiger charge is -2.43. The predicted molar refractivity (Wildman–Crippen MR) is 78.0 cm³/mol. The van der Waals surface area contributed by atoms with E-state index >= 15 is 0 Å². The quantitative estimate of drug-likeness (QED) is 0.923. The summed E-state index contributed by atoms with van der Waals surface area (Å²) in [6.07, 6.45) is 2.44. The molecule has 0 radical (unpaired) electrons. The third-order valence-corrected chi connectivity index (χ3v) is 4.78. The van der Waals surface area contributed by atoms with Crippen LogP contribution in [0, 0.1) is 5.41 Å². The van der Waals surface area contributed by atoms with Crippen molar-refractivity contribution in [2.75, 3.05) is 32.9 Å². The van der Waals surface area contributed by atoms with E-state index < -0.39 is 0 Å². The van der Waals surface area contributed by atoms with E-state index in [2.05, 4.69) is 45.1 Å². The zero-order chi connectivity index (χ0) is 13.3. The molecule has 2 saturated heterocycles. The standard InChI is InChI=1S/C15H20BrNO2/c16-13-4-1-3-12(7-13)14-5-2-6-17(14)8-15(9-18)10-19-11-15/h1,3-4,7,14,18H,2,5-6,8-11H2. The third kappa shape index (κ3) is 2.72. The van der Waals surface area contributed by atoms with E-state index in [9.17, 15) is 5.11 Å². The van der Waals surface area contributed by atoms with Crippen molar-refractivity contribution in [3.63, 3.8) is 0 Å². The topological polar surface area (TPSA) is 32.7 Å². The Morgan fingerprint density at radius 1 is 1.42 bits per heavy atom. The third-order valence-electron chi connectivity index (χ3n) is 4.29. The van der Waals surface area contributed by atoms with Crippen LogP contribution in [0.25, 0.3) is 0 Å². The zero-order valence-corrected chi connectivity index (χ0v) is 12.6. The van der Waals surface area contributed by atoms with E-state index in [-0.39, 0.29) is 12.0 Å². The van der Waals surface area contributed by atoms with Crippen LogP contribution < -0.4 is 0 Å². The maximum Gasteiger partial charge on any atom is 0.0579 e. The van der Waals surface area contributed by atoms with Crippen LogP contribution in [0.5, 0.6) is 0 Å². The van der Waals surface area contributed by atoms with Crippen molar-refractivity contribution in [1.82, 2.24) is 4.90 Å². The molecule has 1 N–H and O–H groups in total. The predicted octanol–water partition coefficient (Wildman–Crippen LogP) is 2.59. The first kappa shape index (κ1) is 13.6. The number of likely N-dealkylation sites (tertiary alicyclic amines) is 1. The minimum atomic E-state index is -0.0192. The highest BCUT2D eigenvalue weighted by Gasteiger charge is 2.42. The molecule has 1 atom stereocenters.